The molecular formula is C67H74N2O21S2. The van der Waals surface area contributed by atoms with Gasteiger partial charge in [-0.2, -0.15) is 0 Å². The summed E-state index contributed by atoms with van der Waals surface area (Å²) in [4.78, 5) is 130. The molecule has 2 fully saturated rings. The van der Waals surface area contributed by atoms with E-state index in [1.165, 1.54) is 0 Å². The van der Waals surface area contributed by atoms with Crippen LogP contribution in [0.3, 0.4) is 0 Å². The zero-order chi connectivity index (χ0) is 66.9. The van der Waals surface area contributed by atoms with Gasteiger partial charge in [-0.15, -0.1) is 0 Å². The molecule has 0 N–H and O–H groups in total. The highest BCUT2D eigenvalue weighted by atomic mass is 32.2. The molecule has 490 valence electrons. The van der Waals surface area contributed by atoms with E-state index in [1.807, 2.05) is 6.07 Å². The molecule has 0 saturated heterocycles. The van der Waals surface area contributed by atoms with Crippen LogP contribution in [0.15, 0.2) is 93.6 Å². The Morgan fingerprint density at radius 3 is 1.25 bits per heavy atom. The summed E-state index contributed by atoms with van der Waals surface area (Å²) in [5, 5.41) is 9.83. The molecule has 0 aromatic heterocycles. The molecule has 6 rings (SSSR count). The molecular weight excluding hydrogens is 1230 g/mol. The molecule has 1 aliphatic heterocycles. The Bertz CT molecular complexity index is 3310. The van der Waals surface area contributed by atoms with Gasteiger partial charge in [0, 0.05) is 25.0 Å². The summed E-state index contributed by atoms with van der Waals surface area (Å²) >= 11 is 2.16. The van der Waals surface area contributed by atoms with Crippen LogP contribution in [0.2, 0.25) is 0 Å². The average molecular weight is 1310 g/mol. The van der Waals surface area contributed by atoms with Gasteiger partial charge in [-0.3, -0.25) is 38.4 Å². The van der Waals surface area contributed by atoms with Crippen molar-refractivity contribution in [2.24, 2.45) is 23.7 Å². The van der Waals surface area contributed by atoms with Crippen molar-refractivity contribution in [2.45, 2.75) is 153 Å². The fraction of sp³-hybridized carbons (Fsp3) is 0.463. The standard InChI is InChI=1S/C67H74N2O21S2/c1-9-53(70)84-39(3)36-80-37-40(4)86-58(75)30-29-56(73)82-34-32-45-13-25-51(26-14-45)88-64(77)47-17-21-49(22-18-47)66(79)90-60-43(7)42(6)59(61-62(60)92-67(91-61)52(35-68)69-8)89-65(78)48-19-15-46(16-20-48)63(76)87-50-23-11-44(12-24-50)31-33-81-55(72)27-28-57(74)83-38-41(5)85-54(71)10-2/h9-14,23-26,39-41,46-49H,1-2,15-22,27-34,36-38H2,3-7H3/b67-52+/t39?,40?,41?,46-,47-,48-,49-. The molecule has 25 heteroatoms. The van der Waals surface area contributed by atoms with Gasteiger partial charge in [0.15, 0.2) is 0 Å². The molecule has 1 heterocycles. The van der Waals surface area contributed by atoms with Gasteiger partial charge in [-0.05, 0) is 133 Å². The van der Waals surface area contributed by atoms with Crippen molar-refractivity contribution in [3.8, 4) is 29.1 Å². The largest absolute Gasteiger partial charge is 0.465 e. The summed E-state index contributed by atoms with van der Waals surface area (Å²) in [7, 11) is 0. The molecule has 23 nitrogen and oxygen atoms in total. The number of nitriles is 1. The van der Waals surface area contributed by atoms with Gasteiger partial charge in [0.25, 0.3) is 5.70 Å². The monoisotopic (exact) mass is 1310 g/mol. The van der Waals surface area contributed by atoms with E-state index in [4.69, 9.17) is 58.7 Å². The number of hydrogen-bond donors (Lipinski definition) is 0. The topological polar surface area (TPSA) is 300 Å². The second-order valence-corrected chi connectivity index (χ2v) is 24.4. The summed E-state index contributed by atoms with van der Waals surface area (Å²) in [5.41, 5.74) is 2.45. The Morgan fingerprint density at radius 2 is 0.880 bits per heavy atom. The van der Waals surface area contributed by atoms with E-state index in [0.717, 1.165) is 46.8 Å². The van der Waals surface area contributed by atoms with Crippen LogP contribution in [0.1, 0.15) is 120 Å². The minimum Gasteiger partial charge on any atom is -0.465 e. The molecule has 3 aliphatic rings. The second kappa shape index (κ2) is 36.3. The lowest BCUT2D eigenvalue weighted by atomic mass is 9.82. The molecule has 2 saturated carbocycles. The third-order valence-electron chi connectivity index (χ3n) is 15.0. The minimum absolute atomic E-state index is 0.0477. The number of ether oxygens (including phenoxy) is 11. The molecule has 0 amide bonds. The van der Waals surface area contributed by atoms with Gasteiger partial charge in [-0.25, -0.2) is 19.7 Å². The molecule has 0 spiro atoms. The molecule has 3 atom stereocenters. The predicted molar refractivity (Wildman–Crippen MR) is 330 cm³/mol. The molecule has 3 unspecified atom stereocenters. The van der Waals surface area contributed by atoms with Gasteiger partial charge in [0.1, 0.15) is 47.9 Å². The fourth-order valence-corrected chi connectivity index (χ4v) is 12.4. The molecule has 2 aliphatic carbocycles. The van der Waals surface area contributed by atoms with Crippen molar-refractivity contribution < 1.29 is 100 Å². The number of nitrogens with zero attached hydrogens (tertiary/aromatic N) is 2. The number of hydrogen-bond acceptors (Lipinski definition) is 24. The number of benzene rings is 3. The van der Waals surface area contributed by atoms with Crippen LogP contribution in [0.4, 0.5) is 0 Å². The average Bonchev–Trinajstić information content (AvgIpc) is 1.55. The lowest BCUT2D eigenvalue weighted by Crippen LogP contribution is -2.31. The Kier molecular flexibility index (Phi) is 28.5. The van der Waals surface area contributed by atoms with Crippen LogP contribution < -0.4 is 18.9 Å². The maximum absolute atomic E-state index is 13.9. The molecule has 3 aromatic rings. The second-order valence-electron chi connectivity index (χ2n) is 22.1. The van der Waals surface area contributed by atoms with Gasteiger partial charge in [0.05, 0.1) is 102 Å². The van der Waals surface area contributed by atoms with Crippen molar-refractivity contribution in [2.75, 3.05) is 33.0 Å². The number of fused-ring (bicyclic) bond motifs is 1. The maximum Gasteiger partial charge on any atom is 0.330 e. The highest BCUT2D eigenvalue weighted by Crippen LogP contribution is 2.61. The van der Waals surface area contributed by atoms with E-state index in [-0.39, 0.29) is 75.9 Å². The highest BCUT2D eigenvalue weighted by molar-refractivity contribution is 8.24. The number of allylic oxidation sites excluding steroid dienone is 1. The van der Waals surface area contributed by atoms with Crippen LogP contribution in [0.5, 0.6) is 23.0 Å². The minimum atomic E-state index is -0.676. The lowest BCUT2D eigenvalue weighted by molar-refractivity contribution is -0.156. The first-order chi connectivity index (χ1) is 44.1. The molecule has 3 aromatic carbocycles. The number of carbonyl (C=O) groups is 10. The smallest absolute Gasteiger partial charge is 0.330 e. The van der Waals surface area contributed by atoms with Crippen molar-refractivity contribution in [1.82, 2.24) is 0 Å². The molecule has 0 radical (unpaired) electrons. The summed E-state index contributed by atoms with van der Waals surface area (Å²) in [6.07, 6.45) is 3.01. The number of carbonyl (C=O) groups excluding carboxylic acids is 10. The quantitative estimate of drug-likeness (QED) is 0.0144. The third-order valence-corrected chi connectivity index (χ3v) is 17.6. The lowest BCUT2D eigenvalue weighted by Gasteiger charge is -2.27. The first-order valence-corrected chi connectivity index (χ1v) is 31.7. The van der Waals surface area contributed by atoms with E-state index in [9.17, 15) is 53.2 Å². The van der Waals surface area contributed by atoms with Gasteiger partial charge in [-0.1, -0.05) is 60.9 Å². The number of thioether (sulfide) groups is 2. The SMILES string of the molecule is [C-]#[N+]/C(C#N)=C1\Sc2c(OC(=O)[C@H]3CC[C@H](C(=O)Oc4ccc(CCOC(=O)CCC(=O)OCC(C)OC(=O)C=C)cc4)CC3)c(C)c(C)c(OC(=O)[C@H]3CC[C@H](C(=O)Oc4ccc(CCOC(=O)CCC(=O)OC(C)COCC(C)OC(=O)C=C)cc4)CC3)c2S1. The summed E-state index contributed by atoms with van der Waals surface area (Å²) in [6.45, 7) is 22.7. The third kappa shape index (κ3) is 22.6. The summed E-state index contributed by atoms with van der Waals surface area (Å²) in [5.74, 6) is -6.56. The molecule has 92 heavy (non-hydrogen) atoms. The Balaban J connectivity index is 0.914. The predicted octanol–water partition coefficient (Wildman–Crippen LogP) is 10.2. The van der Waals surface area contributed by atoms with E-state index < -0.39 is 102 Å². The van der Waals surface area contributed by atoms with Crippen molar-refractivity contribution in [3.63, 3.8) is 0 Å². The van der Waals surface area contributed by atoms with Crippen molar-refractivity contribution in [1.29, 1.82) is 5.26 Å². The van der Waals surface area contributed by atoms with Crippen molar-refractivity contribution in [3.05, 3.63) is 117 Å². The fourth-order valence-electron chi connectivity index (χ4n) is 9.76. The first-order valence-electron chi connectivity index (χ1n) is 30.1. The van der Waals surface area contributed by atoms with Gasteiger partial charge in [0.2, 0.25) is 0 Å². The zero-order valence-electron chi connectivity index (χ0n) is 51.9. The highest BCUT2D eigenvalue weighted by Gasteiger charge is 2.38. The summed E-state index contributed by atoms with van der Waals surface area (Å²) < 4.78 is 60.2. The van der Waals surface area contributed by atoms with Crippen LogP contribution in [0, 0.1) is 55.4 Å². The van der Waals surface area contributed by atoms with Crippen LogP contribution in [-0.4, -0.2) is 111 Å². The Labute approximate surface area is 541 Å². The van der Waals surface area contributed by atoms with Crippen LogP contribution in [0.25, 0.3) is 4.85 Å². The van der Waals surface area contributed by atoms with E-state index >= 15 is 0 Å². The van der Waals surface area contributed by atoms with E-state index in [2.05, 4.69) is 18.0 Å². The van der Waals surface area contributed by atoms with E-state index in [0.29, 0.717) is 101 Å². The normalized spacial score (nSPS) is 18.0. The number of rotatable bonds is 31. The van der Waals surface area contributed by atoms with Crippen LogP contribution >= 0.6 is 23.5 Å². The molecule has 0 bridgehead atoms. The summed E-state index contributed by atoms with van der Waals surface area (Å²) in [6, 6.07) is 15.4. The zero-order valence-corrected chi connectivity index (χ0v) is 53.6. The van der Waals surface area contributed by atoms with Gasteiger partial charge >= 0.3 is 59.7 Å². The number of esters is 10. The van der Waals surface area contributed by atoms with Crippen molar-refractivity contribution >= 4 is 83.2 Å². The first kappa shape index (κ1) is 72.3. The maximum atomic E-state index is 13.9. The van der Waals surface area contributed by atoms with E-state index in [1.54, 1.807) is 83.1 Å². The Hall–Kier alpha value is -8.78. The van der Waals surface area contributed by atoms with Crippen LogP contribution in [-0.2, 0) is 93.9 Å². The van der Waals surface area contributed by atoms with Gasteiger partial charge < -0.3 is 52.1 Å². The Morgan fingerprint density at radius 1 is 0.533 bits per heavy atom.